The standard InChI is InChI=1S/C20H24N2O2.ClH/c1-21(2)13-17-20(14-8-6-5-7-9-14)16-11-19(24-4)18(23)10-15(16)12-22(17)3;/h5-9,11-12,19H,10,13H2,1-4H3;1H. The Kier molecular flexibility index (Phi) is 6.22. The molecule has 25 heavy (non-hydrogen) atoms. The number of ketones is 1. The molecular weight excluding hydrogens is 336 g/mol. The highest BCUT2D eigenvalue weighted by Gasteiger charge is 2.32. The molecule has 1 aliphatic heterocycles. The predicted octanol–water partition coefficient (Wildman–Crippen LogP) is 3.12. The Bertz CT molecular complexity index is 735. The van der Waals surface area contributed by atoms with Crippen molar-refractivity contribution >= 4 is 23.8 Å². The number of hydrogen-bond acceptors (Lipinski definition) is 4. The van der Waals surface area contributed by atoms with E-state index in [-0.39, 0.29) is 18.2 Å². The van der Waals surface area contributed by atoms with Crippen molar-refractivity contribution in [3.8, 4) is 0 Å². The summed E-state index contributed by atoms with van der Waals surface area (Å²) in [7, 11) is 7.78. The maximum Gasteiger partial charge on any atom is 0.169 e. The Morgan fingerprint density at radius 3 is 2.52 bits per heavy atom. The molecule has 0 spiro atoms. The van der Waals surface area contributed by atoms with Crippen LogP contribution < -0.4 is 0 Å². The molecule has 0 saturated carbocycles. The number of carbonyl (C=O) groups excluding carboxylic acids is 1. The molecule has 0 N–H and O–H groups in total. The van der Waals surface area contributed by atoms with E-state index in [0.29, 0.717) is 6.42 Å². The summed E-state index contributed by atoms with van der Waals surface area (Å²) < 4.78 is 5.38. The van der Waals surface area contributed by atoms with Gasteiger partial charge in [-0.25, -0.2) is 0 Å². The number of hydrogen-bond donors (Lipinski definition) is 0. The number of carbonyl (C=O) groups is 1. The van der Waals surface area contributed by atoms with Gasteiger partial charge in [-0.3, -0.25) is 4.79 Å². The van der Waals surface area contributed by atoms with Crippen LogP contribution in [0.2, 0.25) is 0 Å². The normalized spacial score (nSPS) is 20.1. The van der Waals surface area contributed by atoms with E-state index in [1.54, 1.807) is 7.11 Å². The SMILES string of the molecule is COC1C=C2C(=CN(C)C(CN(C)C)=C2c2ccccc2)CC1=O.Cl. The van der Waals surface area contributed by atoms with E-state index in [1.165, 1.54) is 16.8 Å². The zero-order valence-electron chi connectivity index (χ0n) is 15.2. The summed E-state index contributed by atoms with van der Waals surface area (Å²) in [4.78, 5) is 16.5. The van der Waals surface area contributed by atoms with Crippen LogP contribution in [0.25, 0.3) is 5.57 Å². The molecule has 0 saturated heterocycles. The molecule has 1 aliphatic carbocycles. The second kappa shape index (κ2) is 8.00. The number of benzene rings is 1. The zero-order valence-corrected chi connectivity index (χ0v) is 16.0. The molecule has 1 aromatic carbocycles. The van der Waals surface area contributed by atoms with Crippen molar-refractivity contribution in [1.82, 2.24) is 9.80 Å². The number of likely N-dealkylation sites (N-methyl/N-ethyl adjacent to an activating group) is 2. The average molecular weight is 361 g/mol. The highest BCUT2D eigenvalue weighted by molar-refractivity contribution is 5.97. The van der Waals surface area contributed by atoms with Gasteiger partial charge >= 0.3 is 0 Å². The van der Waals surface area contributed by atoms with Crippen LogP contribution in [0.5, 0.6) is 0 Å². The Morgan fingerprint density at radius 2 is 1.92 bits per heavy atom. The molecule has 0 aromatic heterocycles. The van der Waals surface area contributed by atoms with Gasteiger partial charge in [0.25, 0.3) is 0 Å². The van der Waals surface area contributed by atoms with Gasteiger partial charge in [-0.15, -0.1) is 12.4 Å². The van der Waals surface area contributed by atoms with E-state index < -0.39 is 6.10 Å². The van der Waals surface area contributed by atoms with Gasteiger partial charge < -0.3 is 14.5 Å². The Balaban J connectivity index is 0.00000225. The third-order valence-corrected chi connectivity index (χ3v) is 4.46. The molecule has 3 rings (SSSR count). The Morgan fingerprint density at radius 1 is 1.24 bits per heavy atom. The summed E-state index contributed by atoms with van der Waals surface area (Å²) in [6.07, 6.45) is 4.02. The molecule has 1 heterocycles. The first-order valence-electron chi connectivity index (χ1n) is 8.16. The molecule has 4 nitrogen and oxygen atoms in total. The van der Waals surface area contributed by atoms with Gasteiger partial charge in [0.05, 0.1) is 0 Å². The number of halogens is 1. The number of nitrogens with zero attached hydrogens (tertiary/aromatic N) is 2. The van der Waals surface area contributed by atoms with Crippen molar-refractivity contribution in [2.24, 2.45) is 0 Å². The minimum atomic E-state index is -0.458. The molecule has 1 atom stereocenters. The highest BCUT2D eigenvalue weighted by Crippen LogP contribution is 2.40. The molecule has 0 radical (unpaired) electrons. The smallest absolute Gasteiger partial charge is 0.169 e. The zero-order chi connectivity index (χ0) is 17.3. The number of rotatable bonds is 4. The first-order chi connectivity index (χ1) is 11.5. The monoisotopic (exact) mass is 360 g/mol. The van der Waals surface area contributed by atoms with Crippen LogP contribution in [0.4, 0.5) is 0 Å². The van der Waals surface area contributed by atoms with Crippen molar-refractivity contribution in [3.63, 3.8) is 0 Å². The molecule has 1 unspecified atom stereocenters. The predicted molar refractivity (Wildman–Crippen MR) is 104 cm³/mol. The first kappa shape index (κ1) is 19.4. The maximum absolute atomic E-state index is 12.2. The largest absolute Gasteiger partial charge is 0.370 e. The number of fused-ring (bicyclic) bond motifs is 1. The van der Waals surface area contributed by atoms with Gasteiger partial charge in [-0.05, 0) is 36.9 Å². The summed E-state index contributed by atoms with van der Waals surface area (Å²) in [6.45, 7) is 0.827. The summed E-state index contributed by atoms with van der Waals surface area (Å²) in [6, 6.07) is 10.4. The number of Topliss-reactive ketones (excluding diaryl/α,β-unsaturated/α-hetero) is 1. The molecule has 134 valence electrons. The molecule has 1 aromatic rings. The molecule has 0 bridgehead atoms. The van der Waals surface area contributed by atoms with E-state index in [0.717, 1.165) is 17.7 Å². The lowest BCUT2D eigenvalue weighted by atomic mass is 9.81. The van der Waals surface area contributed by atoms with Gasteiger partial charge in [0.15, 0.2) is 5.78 Å². The lowest BCUT2D eigenvalue weighted by Crippen LogP contribution is -2.32. The van der Waals surface area contributed by atoms with Gasteiger partial charge in [0, 0.05) is 44.6 Å². The van der Waals surface area contributed by atoms with Gasteiger partial charge in [-0.1, -0.05) is 30.3 Å². The fourth-order valence-corrected chi connectivity index (χ4v) is 3.35. The second-order valence-electron chi connectivity index (χ2n) is 6.57. The highest BCUT2D eigenvalue weighted by atomic mass is 35.5. The van der Waals surface area contributed by atoms with Crippen molar-refractivity contribution in [2.45, 2.75) is 12.5 Å². The third-order valence-electron chi connectivity index (χ3n) is 4.46. The molecule has 0 fully saturated rings. The van der Waals surface area contributed by atoms with Gasteiger partial charge in [0.1, 0.15) is 6.10 Å². The number of methoxy groups -OCH3 is 1. The Hall–Kier alpha value is -1.88. The van der Waals surface area contributed by atoms with E-state index in [4.69, 9.17) is 4.74 Å². The van der Waals surface area contributed by atoms with E-state index in [9.17, 15) is 4.79 Å². The number of ether oxygens (including phenoxy) is 1. The summed E-state index contributed by atoms with van der Waals surface area (Å²) >= 11 is 0. The van der Waals surface area contributed by atoms with Crippen LogP contribution in [0.3, 0.4) is 0 Å². The lowest BCUT2D eigenvalue weighted by Gasteiger charge is -2.35. The van der Waals surface area contributed by atoms with Crippen LogP contribution in [0, 0.1) is 0 Å². The van der Waals surface area contributed by atoms with Crippen LogP contribution in [0.15, 0.2) is 59.5 Å². The van der Waals surface area contributed by atoms with E-state index in [1.807, 2.05) is 12.1 Å². The lowest BCUT2D eigenvalue weighted by molar-refractivity contribution is -0.125. The minimum absolute atomic E-state index is 0. The third kappa shape index (κ3) is 3.87. The molecular formula is C20H25ClN2O2. The maximum atomic E-state index is 12.2. The van der Waals surface area contributed by atoms with Gasteiger partial charge in [-0.2, -0.15) is 0 Å². The fraction of sp³-hybridized carbons (Fsp3) is 0.350. The minimum Gasteiger partial charge on any atom is -0.370 e. The molecule has 2 aliphatic rings. The van der Waals surface area contributed by atoms with E-state index in [2.05, 4.69) is 61.4 Å². The summed E-state index contributed by atoms with van der Waals surface area (Å²) in [5.74, 6) is 0.115. The summed E-state index contributed by atoms with van der Waals surface area (Å²) in [5, 5.41) is 0. The van der Waals surface area contributed by atoms with Crippen molar-refractivity contribution in [1.29, 1.82) is 0 Å². The van der Waals surface area contributed by atoms with Gasteiger partial charge in [0.2, 0.25) is 0 Å². The van der Waals surface area contributed by atoms with Crippen molar-refractivity contribution in [3.05, 3.63) is 65.0 Å². The fourth-order valence-electron chi connectivity index (χ4n) is 3.35. The number of allylic oxidation sites excluding steroid dienone is 3. The van der Waals surface area contributed by atoms with Crippen LogP contribution >= 0.6 is 12.4 Å². The molecule has 5 heteroatoms. The molecule has 0 amide bonds. The first-order valence-corrected chi connectivity index (χ1v) is 8.16. The average Bonchev–Trinajstić information content (AvgIpc) is 2.56. The van der Waals surface area contributed by atoms with E-state index >= 15 is 0 Å². The van der Waals surface area contributed by atoms with Crippen LogP contribution in [-0.4, -0.2) is 56.5 Å². The van der Waals surface area contributed by atoms with Crippen molar-refractivity contribution < 1.29 is 9.53 Å². The van der Waals surface area contributed by atoms with Crippen molar-refractivity contribution in [2.75, 3.05) is 34.8 Å². The van der Waals surface area contributed by atoms with Crippen LogP contribution in [-0.2, 0) is 9.53 Å². The second-order valence-corrected chi connectivity index (χ2v) is 6.57. The van der Waals surface area contributed by atoms with Crippen LogP contribution in [0.1, 0.15) is 12.0 Å². The Labute approximate surface area is 155 Å². The topological polar surface area (TPSA) is 32.8 Å². The summed E-state index contributed by atoms with van der Waals surface area (Å²) in [5.41, 5.74) is 5.78. The quantitative estimate of drug-likeness (QED) is 0.826.